The maximum Gasteiger partial charge on any atom is 0.319 e. The van der Waals surface area contributed by atoms with E-state index in [0.29, 0.717) is 12.6 Å². The Balaban J connectivity index is 1.27. The van der Waals surface area contributed by atoms with Gasteiger partial charge in [-0.15, -0.1) is 0 Å². The lowest BCUT2D eigenvalue weighted by Gasteiger charge is -2.30. The average Bonchev–Trinajstić information content (AvgIpc) is 3.32. The normalized spacial score (nSPS) is 24.5. The second kappa shape index (κ2) is 6.20. The number of anilines is 1. The number of carbonyl (C=O) groups is 1. The van der Waals surface area contributed by atoms with Crippen molar-refractivity contribution in [2.45, 2.75) is 44.3 Å². The number of benzene rings is 1. The topological polar surface area (TPSA) is 79.0 Å². The standard InChI is InChI=1S/C17H22N4O2/c22-17(20-13-6-7-15-12(8-13)9-19-21-15)18-10-14-2-1-3-16(23-14)11-4-5-11/h6-9,11,14,16H,1-5,10H2,(H,19,21)(H2,18,20,22). The summed E-state index contributed by atoms with van der Waals surface area (Å²) in [5.74, 6) is 0.772. The first-order valence-electron chi connectivity index (χ1n) is 8.41. The molecule has 2 unspecified atom stereocenters. The highest BCUT2D eigenvalue weighted by Gasteiger charge is 2.35. The van der Waals surface area contributed by atoms with Gasteiger partial charge >= 0.3 is 6.03 Å². The smallest absolute Gasteiger partial charge is 0.319 e. The number of nitrogens with one attached hydrogen (secondary N) is 3. The van der Waals surface area contributed by atoms with E-state index in [0.717, 1.165) is 28.9 Å². The Hall–Kier alpha value is -2.08. The van der Waals surface area contributed by atoms with Gasteiger partial charge in [0, 0.05) is 17.6 Å². The highest BCUT2D eigenvalue weighted by Crippen LogP contribution is 2.39. The number of hydrogen-bond acceptors (Lipinski definition) is 3. The van der Waals surface area contributed by atoms with Crippen molar-refractivity contribution in [3.8, 4) is 0 Å². The number of H-pyrrole nitrogens is 1. The van der Waals surface area contributed by atoms with E-state index in [-0.39, 0.29) is 12.1 Å². The van der Waals surface area contributed by atoms with Gasteiger partial charge in [0.05, 0.1) is 23.9 Å². The number of rotatable bonds is 4. The third-order valence-electron chi connectivity index (χ3n) is 4.72. The molecule has 2 heterocycles. The zero-order chi connectivity index (χ0) is 15.6. The molecule has 2 aromatic rings. The van der Waals surface area contributed by atoms with Crippen LogP contribution in [0.5, 0.6) is 0 Å². The molecule has 122 valence electrons. The van der Waals surface area contributed by atoms with Gasteiger partial charge in [0.1, 0.15) is 0 Å². The van der Waals surface area contributed by atoms with E-state index in [1.807, 2.05) is 18.2 Å². The molecule has 0 radical (unpaired) electrons. The molecule has 1 saturated carbocycles. The highest BCUT2D eigenvalue weighted by molar-refractivity contribution is 5.92. The number of carbonyl (C=O) groups excluding carboxylic acids is 1. The number of fused-ring (bicyclic) bond motifs is 1. The fraction of sp³-hybridized carbons (Fsp3) is 0.529. The number of hydrogen-bond donors (Lipinski definition) is 3. The second-order valence-corrected chi connectivity index (χ2v) is 6.57. The van der Waals surface area contributed by atoms with Crippen LogP contribution in [0.4, 0.5) is 10.5 Å². The van der Waals surface area contributed by atoms with Crippen molar-refractivity contribution in [1.82, 2.24) is 15.5 Å². The summed E-state index contributed by atoms with van der Waals surface area (Å²) in [6, 6.07) is 5.48. The van der Waals surface area contributed by atoms with Crippen molar-refractivity contribution in [3.05, 3.63) is 24.4 Å². The Morgan fingerprint density at radius 3 is 3.09 bits per heavy atom. The van der Waals surface area contributed by atoms with Crippen molar-refractivity contribution < 1.29 is 9.53 Å². The molecular formula is C17H22N4O2. The molecule has 1 aromatic carbocycles. The van der Waals surface area contributed by atoms with Gasteiger partial charge in [-0.05, 0) is 56.2 Å². The predicted molar refractivity (Wildman–Crippen MR) is 88.4 cm³/mol. The molecule has 3 N–H and O–H groups in total. The molecule has 1 aromatic heterocycles. The SMILES string of the molecule is O=C(NCC1CCCC(C2CC2)O1)Nc1ccc2[nH]ncc2c1. The van der Waals surface area contributed by atoms with Crippen molar-refractivity contribution in [2.24, 2.45) is 5.92 Å². The van der Waals surface area contributed by atoms with E-state index in [4.69, 9.17) is 4.74 Å². The molecule has 1 saturated heterocycles. The molecule has 1 aliphatic carbocycles. The van der Waals surface area contributed by atoms with Gasteiger partial charge in [0.25, 0.3) is 0 Å². The van der Waals surface area contributed by atoms with Gasteiger partial charge in [0.15, 0.2) is 0 Å². The van der Waals surface area contributed by atoms with E-state index in [1.54, 1.807) is 6.20 Å². The summed E-state index contributed by atoms with van der Waals surface area (Å²) in [6.45, 7) is 0.572. The fourth-order valence-corrected chi connectivity index (χ4v) is 3.30. The zero-order valence-electron chi connectivity index (χ0n) is 13.0. The third-order valence-corrected chi connectivity index (χ3v) is 4.72. The summed E-state index contributed by atoms with van der Waals surface area (Å²) in [6.07, 6.45) is 8.34. The van der Waals surface area contributed by atoms with Crippen LogP contribution in [0.25, 0.3) is 10.9 Å². The third kappa shape index (κ3) is 3.47. The molecule has 4 rings (SSSR count). The Labute approximate surface area is 135 Å². The van der Waals surface area contributed by atoms with Gasteiger partial charge in [0.2, 0.25) is 0 Å². The lowest BCUT2D eigenvalue weighted by molar-refractivity contribution is -0.0570. The Morgan fingerprint density at radius 1 is 1.30 bits per heavy atom. The van der Waals surface area contributed by atoms with Crippen LogP contribution < -0.4 is 10.6 Å². The first-order chi connectivity index (χ1) is 11.3. The summed E-state index contributed by atoms with van der Waals surface area (Å²) in [4.78, 5) is 12.1. The largest absolute Gasteiger partial charge is 0.373 e. The van der Waals surface area contributed by atoms with Crippen LogP contribution in [0.2, 0.25) is 0 Å². The quantitative estimate of drug-likeness (QED) is 0.811. The van der Waals surface area contributed by atoms with Crippen LogP contribution in [-0.2, 0) is 4.74 Å². The van der Waals surface area contributed by atoms with Gasteiger partial charge in [-0.3, -0.25) is 5.10 Å². The number of aromatic amines is 1. The lowest BCUT2D eigenvalue weighted by Crippen LogP contribution is -2.40. The van der Waals surface area contributed by atoms with Gasteiger partial charge in [-0.25, -0.2) is 4.79 Å². The predicted octanol–water partition coefficient (Wildman–Crippen LogP) is 3.03. The van der Waals surface area contributed by atoms with Crippen LogP contribution in [0.3, 0.4) is 0 Å². The summed E-state index contributed by atoms with van der Waals surface area (Å²) in [5.41, 5.74) is 1.72. The molecule has 2 amide bonds. The molecule has 0 bridgehead atoms. The zero-order valence-corrected chi connectivity index (χ0v) is 13.0. The van der Waals surface area contributed by atoms with Gasteiger partial charge in [-0.1, -0.05) is 0 Å². The minimum atomic E-state index is -0.190. The molecule has 23 heavy (non-hydrogen) atoms. The number of nitrogens with zero attached hydrogens (tertiary/aromatic N) is 1. The van der Waals surface area contributed by atoms with Crippen LogP contribution in [0.1, 0.15) is 32.1 Å². The number of ether oxygens (including phenoxy) is 1. The molecule has 6 heteroatoms. The van der Waals surface area contributed by atoms with E-state index in [2.05, 4.69) is 20.8 Å². The molecular weight excluding hydrogens is 292 g/mol. The van der Waals surface area contributed by atoms with Crippen LogP contribution in [0.15, 0.2) is 24.4 Å². The maximum absolute atomic E-state index is 12.1. The summed E-state index contributed by atoms with van der Waals surface area (Å²) < 4.78 is 6.10. The summed E-state index contributed by atoms with van der Waals surface area (Å²) in [7, 11) is 0. The monoisotopic (exact) mass is 314 g/mol. The van der Waals surface area contributed by atoms with Crippen LogP contribution >= 0.6 is 0 Å². The van der Waals surface area contributed by atoms with Crippen molar-refractivity contribution in [3.63, 3.8) is 0 Å². The second-order valence-electron chi connectivity index (χ2n) is 6.57. The average molecular weight is 314 g/mol. The molecule has 2 fully saturated rings. The Morgan fingerprint density at radius 2 is 2.22 bits per heavy atom. The number of amides is 2. The molecule has 2 atom stereocenters. The van der Waals surface area contributed by atoms with Crippen LogP contribution in [0, 0.1) is 5.92 Å². The molecule has 2 aliphatic rings. The first kappa shape index (κ1) is 14.5. The van der Waals surface area contributed by atoms with Gasteiger partial charge in [-0.2, -0.15) is 5.10 Å². The Kier molecular flexibility index (Phi) is 3.91. The van der Waals surface area contributed by atoms with Crippen molar-refractivity contribution >= 4 is 22.6 Å². The van der Waals surface area contributed by atoms with Gasteiger partial charge < -0.3 is 15.4 Å². The minimum absolute atomic E-state index is 0.149. The summed E-state index contributed by atoms with van der Waals surface area (Å²) >= 11 is 0. The summed E-state index contributed by atoms with van der Waals surface area (Å²) in [5, 5.41) is 13.6. The number of urea groups is 1. The van der Waals surface area contributed by atoms with E-state index in [9.17, 15) is 4.79 Å². The highest BCUT2D eigenvalue weighted by atomic mass is 16.5. The molecule has 1 aliphatic heterocycles. The fourth-order valence-electron chi connectivity index (χ4n) is 3.30. The van der Waals surface area contributed by atoms with Crippen LogP contribution in [-0.4, -0.2) is 35.0 Å². The van der Waals surface area contributed by atoms with E-state index in [1.165, 1.54) is 25.7 Å². The Bertz CT molecular complexity index is 695. The van der Waals surface area contributed by atoms with Crippen molar-refractivity contribution in [1.29, 1.82) is 0 Å². The maximum atomic E-state index is 12.1. The molecule has 6 nitrogen and oxygen atoms in total. The van der Waals surface area contributed by atoms with Crippen molar-refractivity contribution in [2.75, 3.05) is 11.9 Å². The minimum Gasteiger partial charge on any atom is -0.373 e. The number of aromatic nitrogens is 2. The van der Waals surface area contributed by atoms with E-state index < -0.39 is 0 Å². The van der Waals surface area contributed by atoms with E-state index >= 15 is 0 Å². The lowest BCUT2D eigenvalue weighted by atomic mass is 10.0. The molecule has 0 spiro atoms. The first-order valence-corrected chi connectivity index (χ1v) is 8.41.